The van der Waals surface area contributed by atoms with Crippen molar-refractivity contribution in [2.24, 2.45) is 10.9 Å². The van der Waals surface area contributed by atoms with E-state index in [1.807, 2.05) is 0 Å². The van der Waals surface area contributed by atoms with Crippen molar-refractivity contribution in [2.45, 2.75) is 55.2 Å². The first-order chi connectivity index (χ1) is 17.2. The van der Waals surface area contributed by atoms with Crippen molar-refractivity contribution in [1.29, 1.82) is 0 Å². The number of hydrogen-bond acceptors (Lipinski definition) is 6. The fourth-order valence-corrected chi connectivity index (χ4v) is 5.11. The number of carbonyl (C=O) groups excluding carboxylic acids is 3. The monoisotopic (exact) mass is 514 g/mol. The molecule has 1 aliphatic rings. The van der Waals surface area contributed by atoms with Gasteiger partial charge in [-0.1, -0.05) is 44.4 Å². The molecule has 11 heteroatoms. The Kier molecular flexibility index (Phi) is 9.18. The van der Waals surface area contributed by atoms with Gasteiger partial charge in [-0.2, -0.15) is 4.99 Å². The summed E-state index contributed by atoms with van der Waals surface area (Å²) in [6.07, 6.45) is 3.76. The molecule has 2 aromatic rings. The van der Waals surface area contributed by atoms with E-state index >= 15 is 0 Å². The first-order valence-corrected chi connectivity index (χ1v) is 13.2. The van der Waals surface area contributed by atoms with Gasteiger partial charge in [-0.3, -0.25) is 14.9 Å². The highest BCUT2D eigenvalue weighted by Gasteiger charge is 2.24. The third-order valence-corrected chi connectivity index (χ3v) is 7.55. The van der Waals surface area contributed by atoms with Crippen LogP contribution in [-0.4, -0.2) is 39.4 Å². The predicted molar refractivity (Wildman–Crippen MR) is 135 cm³/mol. The molecule has 36 heavy (non-hydrogen) atoms. The number of sulfone groups is 1. The highest BCUT2D eigenvalue weighted by molar-refractivity contribution is 7.91. The number of carbonyl (C=O) groups is 3. The number of benzene rings is 2. The Morgan fingerprint density at radius 3 is 2.28 bits per heavy atom. The van der Waals surface area contributed by atoms with Gasteiger partial charge >= 0.3 is 6.09 Å². The molecule has 0 aliphatic heterocycles. The standard InChI is InChI=1S/C25H30N4O6S/c1-3-22(30)28-24(29-25(32)35-2)27-21-16-19(36(33,34)18-12-8-5-9-13-18)14-15-20(21)26-23(31)17-10-6-4-7-11-17/h5,8-9,12-17H,3-4,6-7,10-11H2,1-2H3,(H,26,31)(H2,27,28,29,30,32). The number of alkyl carbamates (subject to hydrolysis) is 1. The van der Waals surface area contributed by atoms with Gasteiger partial charge in [0.25, 0.3) is 0 Å². The zero-order valence-electron chi connectivity index (χ0n) is 20.2. The smallest absolute Gasteiger partial charge is 0.413 e. The molecule has 3 rings (SSSR count). The van der Waals surface area contributed by atoms with Gasteiger partial charge in [-0.15, -0.1) is 0 Å². The number of amides is 3. The van der Waals surface area contributed by atoms with E-state index in [1.165, 1.54) is 30.3 Å². The molecule has 1 saturated carbocycles. The van der Waals surface area contributed by atoms with Crippen LogP contribution in [0, 0.1) is 5.92 Å². The number of methoxy groups -OCH3 is 1. The minimum Gasteiger partial charge on any atom is -0.453 e. The van der Waals surface area contributed by atoms with E-state index in [0.29, 0.717) is 0 Å². The molecule has 1 aliphatic carbocycles. The first kappa shape index (κ1) is 26.9. The van der Waals surface area contributed by atoms with Crippen molar-refractivity contribution in [1.82, 2.24) is 5.32 Å². The van der Waals surface area contributed by atoms with Crippen molar-refractivity contribution in [3.05, 3.63) is 48.5 Å². The fourth-order valence-electron chi connectivity index (χ4n) is 3.80. The lowest BCUT2D eigenvalue weighted by atomic mass is 9.88. The van der Waals surface area contributed by atoms with E-state index in [1.54, 1.807) is 25.1 Å². The topological polar surface area (TPSA) is 143 Å². The zero-order chi connectivity index (χ0) is 26.1. The lowest BCUT2D eigenvalue weighted by molar-refractivity contribution is -0.120. The van der Waals surface area contributed by atoms with Gasteiger partial charge in [-0.05, 0) is 43.2 Å². The molecular weight excluding hydrogens is 484 g/mol. The number of ether oxygens (including phenoxy) is 1. The Balaban J connectivity index is 2.02. The summed E-state index contributed by atoms with van der Waals surface area (Å²) >= 11 is 0. The van der Waals surface area contributed by atoms with Gasteiger partial charge in [0.05, 0.1) is 28.3 Å². The molecule has 0 aromatic heterocycles. The largest absolute Gasteiger partial charge is 0.453 e. The Hall–Kier alpha value is -3.73. The number of hydrogen-bond donors (Lipinski definition) is 3. The number of nitrogens with zero attached hydrogens (tertiary/aromatic N) is 1. The van der Waals surface area contributed by atoms with E-state index in [4.69, 9.17) is 0 Å². The second-order valence-corrected chi connectivity index (χ2v) is 10.2. The van der Waals surface area contributed by atoms with E-state index in [2.05, 4.69) is 25.7 Å². The summed E-state index contributed by atoms with van der Waals surface area (Å²) in [7, 11) is -2.74. The lowest BCUT2D eigenvalue weighted by Crippen LogP contribution is -2.37. The number of nitrogens with one attached hydrogen (secondary N) is 3. The number of rotatable bonds is 6. The van der Waals surface area contributed by atoms with Gasteiger partial charge in [0.1, 0.15) is 0 Å². The van der Waals surface area contributed by atoms with Crippen LogP contribution in [-0.2, 0) is 24.2 Å². The quantitative estimate of drug-likeness (QED) is 0.389. The van der Waals surface area contributed by atoms with Crippen LogP contribution in [0.25, 0.3) is 0 Å². The van der Waals surface area contributed by atoms with E-state index < -0.39 is 21.8 Å². The molecule has 0 bridgehead atoms. The van der Waals surface area contributed by atoms with Gasteiger partial charge in [-0.25, -0.2) is 13.2 Å². The van der Waals surface area contributed by atoms with Crippen LogP contribution in [0.1, 0.15) is 45.4 Å². The summed E-state index contributed by atoms with van der Waals surface area (Å²) in [5.74, 6) is -1.13. The van der Waals surface area contributed by atoms with Crippen LogP contribution in [0.3, 0.4) is 0 Å². The van der Waals surface area contributed by atoms with Crippen LogP contribution < -0.4 is 16.0 Å². The Morgan fingerprint density at radius 1 is 0.944 bits per heavy atom. The molecule has 0 atom stereocenters. The maximum absolute atomic E-state index is 13.2. The van der Waals surface area contributed by atoms with Crippen LogP contribution >= 0.6 is 0 Å². The summed E-state index contributed by atoms with van der Waals surface area (Å²) in [4.78, 5) is 40.6. The summed E-state index contributed by atoms with van der Waals surface area (Å²) in [5, 5.41) is 7.96. The van der Waals surface area contributed by atoms with E-state index in [-0.39, 0.29) is 45.4 Å². The van der Waals surface area contributed by atoms with E-state index in [9.17, 15) is 22.8 Å². The number of aliphatic imine (C=N–C) groups is 1. The Morgan fingerprint density at radius 2 is 1.64 bits per heavy atom. The van der Waals surface area contributed by atoms with Crippen molar-refractivity contribution in [2.75, 3.05) is 17.7 Å². The van der Waals surface area contributed by atoms with Gasteiger partial charge in [0.15, 0.2) is 0 Å². The maximum atomic E-state index is 13.2. The maximum Gasteiger partial charge on any atom is 0.413 e. The van der Waals surface area contributed by atoms with Crippen LogP contribution in [0.15, 0.2) is 63.3 Å². The summed E-state index contributed by atoms with van der Waals surface area (Å²) in [5.41, 5.74) is 0.413. The van der Waals surface area contributed by atoms with E-state index in [0.717, 1.165) is 39.2 Å². The van der Waals surface area contributed by atoms with Crippen LogP contribution in [0.4, 0.5) is 16.2 Å². The molecule has 3 N–H and O–H groups in total. The average molecular weight is 515 g/mol. The number of anilines is 2. The van der Waals surface area contributed by atoms with Crippen molar-refractivity contribution in [3.63, 3.8) is 0 Å². The first-order valence-electron chi connectivity index (χ1n) is 11.7. The van der Waals surface area contributed by atoms with Gasteiger partial charge < -0.3 is 15.4 Å². The molecule has 0 saturated heterocycles. The molecule has 0 heterocycles. The molecule has 0 radical (unpaired) electrons. The number of guanidine groups is 1. The minimum absolute atomic E-state index is 0.0499. The normalized spacial score (nSPS) is 14.6. The van der Waals surface area contributed by atoms with Gasteiger partial charge in [0, 0.05) is 12.3 Å². The SMILES string of the molecule is CCC(=O)N=C(NC(=O)OC)Nc1cc(S(=O)(=O)c2ccccc2)ccc1NC(=O)C1CCCCC1. The minimum atomic E-state index is -3.89. The highest BCUT2D eigenvalue weighted by atomic mass is 32.2. The second kappa shape index (κ2) is 12.3. The molecule has 3 amide bonds. The Bertz CT molecular complexity index is 1240. The van der Waals surface area contributed by atoms with Gasteiger partial charge in [0.2, 0.25) is 27.6 Å². The van der Waals surface area contributed by atoms with Crippen molar-refractivity contribution in [3.8, 4) is 0 Å². The molecule has 192 valence electrons. The summed E-state index contributed by atoms with van der Waals surface area (Å²) in [6, 6.07) is 12.1. The molecule has 0 unspecified atom stereocenters. The Labute approximate surface area is 210 Å². The molecule has 0 spiro atoms. The average Bonchev–Trinajstić information content (AvgIpc) is 2.90. The summed E-state index contributed by atoms with van der Waals surface area (Å²) < 4.78 is 31.0. The molecule has 10 nitrogen and oxygen atoms in total. The van der Waals surface area contributed by atoms with Crippen molar-refractivity contribution >= 4 is 45.1 Å². The highest BCUT2D eigenvalue weighted by Crippen LogP contribution is 2.31. The zero-order valence-corrected chi connectivity index (χ0v) is 21.1. The third kappa shape index (κ3) is 6.91. The summed E-state index contributed by atoms with van der Waals surface area (Å²) in [6.45, 7) is 1.60. The lowest BCUT2D eigenvalue weighted by Gasteiger charge is -2.22. The molecule has 2 aromatic carbocycles. The third-order valence-electron chi connectivity index (χ3n) is 5.79. The predicted octanol–water partition coefficient (Wildman–Crippen LogP) is 4.10. The fraction of sp³-hybridized carbons (Fsp3) is 0.360. The van der Waals surface area contributed by atoms with Crippen LogP contribution in [0.2, 0.25) is 0 Å². The molecular formula is C25H30N4O6S. The second-order valence-electron chi connectivity index (χ2n) is 8.30. The van der Waals surface area contributed by atoms with Crippen LogP contribution in [0.5, 0.6) is 0 Å². The molecule has 1 fully saturated rings. The van der Waals surface area contributed by atoms with Crippen molar-refractivity contribution < 1.29 is 27.5 Å².